The third-order valence-corrected chi connectivity index (χ3v) is 5.15. The zero-order chi connectivity index (χ0) is 18.4. The average Bonchev–Trinajstić information content (AvgIpc) is 3.46. The van der Waals surface area contributed by atoms with Crippen molar-refractivity contribution in [3.05, 3.63) is 71.8 Å². The minimum atomic E-state index is -0.372. The molecule has 0 saturated heterocycles. The van der Waals surface area contributed by atoms with Gasteiger partial charge in [-0.25, -0.2) is 0 Å². The van der Waals surface area contributed by atoms with Gasteiger partial charge in [0.15, 0.2) is 0 Å². The van der Waals surface area contributed by atoms with Crippen LogP contribution in [0.3, 0.4) is 0 Å². The molecule has 3 heteroatoms. The van der Waals surface area contributed by atoms with Crippen LogP contribution >= 0.6 is 0 Å². The van der Waals surface area contributed by atoms with Gasteiger partial charge in [0.25, 0.3) is 0 Å². The largest absolute Gasteiger partial charge is 0.390 e. The lowest BCUT2D eigenvalue weighted by molar-refractivity contribution is 0.0145. The Balaban J connectivity index is 1.77. The first-order valence-corrected chi connectivity index (χ1v) is 9.87. The zero-order valence-corrected chi connectivity index (χ0v) is 16.0. The van der Waals surface area contributed by atoms with E-state index in [4.69, 9.17) is 0 Å². The molecule has 0 aliphatic heterocycles. The van der Waals surface area contributed by atoms with Crippen LogP contribution in [0.25, 0.3) is 0 Å². The molecule has 0 aromatic heterocycles. The van der Waals surface area contributed by atoms with Crippen LogP contribution in [0.2, 0.25) is 0 Å². The van der Waals surface area contributed by atoms with E-state index in [0.29, 0.717) is 18.5 Å². The number of rotatable bonds is 10. The van der Waals surface area contributed by atoms with Gasteiger partial charge in [0.1, 0.15) is 0 Å². The Morgan fingerprint density at radius 3 is 1.85 bits per heavy atom. The maximum atomic E-state index is 11.0. The van der Waals surface area contributed by atoms with E-state index < -0.39 is 0 Å². The van der Waals surface area contributed by atoms with Crippen molar-refractivity contribution in [2.45, 2.75) is 58.0 Å². The first-order valence-electron chi connectivity index (χ1n) is 9.87. The summed E-state index contributed by atoms with van der Waals surface area (Å²) in [5.74, 6) is 0.374. The molecule has 0 radical (unpaired) electrons. The quantitative estimate of drug-likeness (QED) is 0.682. The van der Waals surface area contributed by atoms with E-state index in [-0.39, 0.29) is 12.1 Å². The van der Waals surface area contributed by atoms with Gasteiger partial charge in [-0.3, -0.25) is 4.90 Å². The van der Waals surface area contributed by atoms with Crippen molar-refractivity contribution in [3.63, 3.8) is 0 Å². The van der Waals surface area contributed by atoms with Gasteiger partial charge < -0.3 is 10.4 Å². The third kappa shape index (κ3) is 5.66. The Morgan fingerprint density at radius 1 is 0.923 bits per heavy atom. The molecule has 1 aliphatic carbocycles. The summed E-state index contributed by atoms with van der Waals surface area (Å²) >= 11 is 0. The maximum absolute atomic E-state index is 11.0. The second-order valence-corrected chi connectivity index (χ2v) is 7.86. The number of nitrogens with zero attached hydrogens (tertiary/aromatic N) is 1. The van der Waals surface area contributed by atoms with E-state index in [1.54, 1.807) is 0 Å². The normalized spacial score (nSPS) is 16.8. The Labute approximate surface area is 158 Å². The van der Waals surface area contributed by atoms with Gasteiger partial charge in [-0.15, -0.1) is 0 Å². The molecule has 140 valence electrons. The Hall–Kier alpha value is -1.68. The molecule has 2 aromatic rings. The number of nitrogens with one attached hydrogen (secondary N) is 1. The van der Waals surface area contributed by atoms with Gasteiger partial charge in [0.05, 0.1) is 6.10 Å². The number of aliphatic hydroxyl groups excluding tert-OH is 1. The zero-order valence-electron chi connectivity index (χ0n) is 16.0. The molecule has 3 rings (SSSR count). The predicted molar refractivity (Wildman–Crippen MR) is 108 cm³/mol. The molecule has 2 N–H and O–H groups in total. The highest BCUT2D eigenvalue weighted by Crippen LogP contribution is 2.23. The molecule has 2 aromatic carbocycles. The summed E-state index contributed by atoms with van der Waals surface area (Å²) < 4.78 is 0. The summed E-state index contributed by atoms with van der Waals surface area (Å²) in [7, 11) is 0. The van der Waals surface area contributed by atoms with Crippen LogP contribution in [0.1, 0.15) is 37.8 Å². The summed E-state index contributed by atoms with van der Waals surface area (Å²) in [6.45, 7) is 6.80. The van der Waals surface area contributed by atoms with Gasteiger partial charge in [-0.05, 0) is 29.9 Å². The number of hydrogen-bond acceptors (Lipinski definition) is 3. The van der Waals surface area contributed by atoms with Crippen LogP contribution in [-0.2, 0) is 13.1 Å². The van der Waals surface area contributed by atoms with Gasteiger partial charge in [-0.1, -0.05) is 74.5 Å². The minimum absolute atomic E-state index is 0.113. The van der Waals surface area contributed by atoms with Gasteiger partial charge >= 0.3 is 0 Å². The monoisotopic (exact) mass is 352 g/mol. The summed E-state index contributed by atoms with van der Waals surface area (Å²) in [5, 5.41) is 14.5. The smallest absolute Gasteiger partial charge is 0.0822 e. The van der Waals surface area contributed by atoms with Crippen molar-refractivity contribution in [2.24, 2.45) is 5.92 Å². The highest BCUT2D eigenvalue weighted by molar-refractivity contribution is 5.17. The molecular weight excluding hydrogens is 320 g/mol. The number of aliphatic hydroxyl groups is 1. The van der Waals surface area contributed by atoms with E-state index in [1.165, 1.54) is 24.0 Å². The fourth-order valence-corrected chi connectivity index (χ4v) is 3.71. The molecular formula is C23H32N2O. The molecule has 1 fully saturated rings. The van der Waals surface area contributed by atoms with Crippen molar-refractivity contribution in [1.82, 2.24) is 10.2 Å². The van der Waals surface area contributed by atoms with Gasteiger partial charge in [-0.2, -0.15) is 0 Å². The van der Waals surface area contributed by atoms with Crippen LogP contribution < -0.4 is 5.32 Å². The molecule has 0 amide bonds. The highest BCUT2D eigenvalue weighted by Gasteiger charge is 2.31. The lowest BCUT2D eigenvalue weighted by Crippen LogP contribution is -2.50. The topological polar surface area (TPSA) is 35.5 Å². The van der Waals surface area contributed by atoms with E-state index in [9.17, 15) is 5.11 Å². The summed E-state index contributed by atoms with van der Waals surface area (Å²) in [5.41, 5.74) is 2.58. The van der Waals surface area contributed by atoms with Crippen LogP contribution in [0.5, 0.6) is 0 Å². The van der Waals surface area contributed by atoms with Crippen molar-refractivity contribution in [3.8, 4) is 0 Å². The molecule has 0 unspecified atom stereocenters. The fourth-order valence-electron chi connectivity index (χ4n) is 3.71. The lowest BCUT2D eigenvalue weighted by atomic mass is 9.95. The number of hydrogen-bond donors (Lipinski definition) is 2. The van der Waals surface area contributed by atoms with Crippen LogP contribution in [0.15, 0.2) is 60.7 Å². The molecule has 1 aliphatic rings. The molecule has 0 heterocycles. The van der Waals surface area contributed by atoms with Gasteiger partial charge in [0.2, 0.25) is 0 Å². The summed E-state index contributed by atoms with van der Waals surface area (Å²) in [6.07, 6.45) is 2.12. The summed E-state index contributed by atoms with van der Waals surface area (Å²) in [4.78, 5) is 2.44. The SMILES string of the molecule is CC(C)[C@@H]([C@H](O)CNC1CC1)N(Cc1ccccc1)Cc1ccccc1. The number of benzene rings is 2. The first-order chi connectivity index (χ1) is 12.6. The van der Waals surface area contributed by atoms with Crippen molar-refractivity contribution < 1.29 is 5.11 Å². The fraction of sp³-hybridized carbons (Fsp3) is 0.478. The van der Waals surface area contributed by atoms with Crippen molar-refractivity contribution >= 4 is 0 Å². The Morgan fingerprint density at radius 2 is 1.42 bits per heavy atom. The van der Waals surface area contributed by atoms with Crippen LogP contribution in [0, 0.1) is 5.92 Å². The van der Waals surface area contributed by atoms with E-state index in [1.807, 2.05) is 0 Å². The second kappa shape index (κ2) is 9.31. The Bertz CT molecular complexity index is 598. The second-order valence-electron chi connectivity index (χ2n) is 7.86. The van der Waals surface area contributed by atoms with Crippen molar-refractivity contribution in [1.29, 1.82) is 0 Å². The van der Waals surface area contributed by atoms with E-state index in [2.05, 4.69) is 84.7 Å². The summed E-state index contributed by atoms with van der Waals surface area (Å²) in [6, 6.07) is 21.9. The predicted octanol–water partition coefficient (Wildman–Crippen LogP) is 3.83. The van der Waals surface area contributed by atoms with Gasteiger partial charge in [0, 0.05) is 31.7 Å². The maximum Gasteiger partial charge on any atom is 0.0822 e. The standard InChI is InChI=1S/C23H32N2O/c1-18(2)23(22(26)15-24-21-13-14-21)25(16-19-9-5-3-6-10-19)17-20-11-7-4-8-12-20/h3-12,18,21-24,26H,13-17H2,1-2H3/t22-,23+/m1/s1. The molecule has 3 nitrogen and oxygen atoms in total. The molecule has 1 saturated carbocycles. The average molecular weight is 353 g/mol. The molecule has 2 atom stereocenters. The molecule has 0 bridgehead atoms. The van der Waals surface area contributed by atoms with Crippen molar-refractivity contribution in [2.75, 3.05) is 6.54 Å². The molecule has 26 heavy (non-hydrogen) atoms. The van der Waals surface area contributed by atoms with Crippen LogP contribution in [-0.4, -0.2) is 34.7 Å². The van der Waals surface area contributed by atoms with Crippen LogP contribution in [0.4, 0.5) is 0 Å². The minimum Gasteiger partial charge on any atom is -0.390 e. The Kier molecular flexibility index (Phi) is 6.84. The van der Waals surface area contributed by atoms with E-state index in [0.717, 1.165) is 13.1 Å². The highest BCUT2D eigenvalue weighted by atomic mass is 16.3. The lowest BCUT2D eigenvalue weighted by Gasteiger charge is -2.38. The molecule has 0 spiro atoms. The first kappa shape index (κ1) is 19.1. The van der Waals surface area contributed by atoms with E-state index >= 15 is 0 Å². The third-order valence-electron chi connectivity index (χ3n) is 5.15.